The molecule has 0 radical (unpaired) electrons. The van der Waals surface area contributed by atoms with Gasteiger partial charge in [0.2, 0.25) is 0 Å². The SMILES string of the molecule is COC(c1ccccc1)c1c(C(=O)O)cnc2cc(Cl)nn12. The first-order chi connectivity index (χ1) is 10.6. The van der Waals surface area contributed by atoms with E-state index in [0.29, 0.717) is 11.3 Å². The Bertz CT molecular complexity index is 833. The molecule has 0 aliphatic carbocycles. The third-order valence-corrected chi connectivity index (χ3v) is 3.49. The quantitative estimate of drug-likeness (QED) is 0.800. The highest BCUT2D eigenvalue weighted by atomic mass is 35.5. The molecule has 0 aliphatic rings. The first kappa shape index (κ1) is 14.5. The molecular formula is C15H12ClN3O3. The lowest BCUT2D eigenvalue weighted by molar-refractivity contribution is 0.0683. The largest absolute Gasteiger partial charge is 0.478 e. The Kier molecular flexibility index (Phi) is 3.79. The summed E-state index contributed by atoms with van der Waals surface area (Å²) in [5.41, 5.74) is 1.66. The molecule has 3 rings (SSSR count). The van der Waals surface area contributed by atoms with Gasteiger partial charge in [0.05, 0.1) is 5.69 Å². The standard InChI is InChI=1S/C15H12ClN3O3/c1-22-14(9-5-3-2-4-6-9)13-10(15(20)21)8-17-12-7-11(16)18-19(12)13/h2-8,14H,1H3,(H,20,21). The summed E-state index contributed by atoms with van der Waals surface area (Å²) in [5, 5.41) is 13.8. The van der Waals surface area contributed by atoms with E-state index in [9.17, 15) is 9.90 Å². The second-order valence-corrected chi connectivity index (χ2v) is 5.01. The van der Waals surface area contributed by atoms with Gasteiger partial charge in [-0.05, 0) is 5.56 Å². The number of fused-ring (bicyclic) bond motifs is 1. The van der Waals surface area contributed by atoms with Crippen molar-refractivity contribution in [1.82, 2.24) is 14.6 Å². The Morgan fingerprint density at radius 1 is 1.36 bits per heavy atom. The van der Waals surface area contributed by atoms with Crippen LogP contribution in [0.4, 0.5) is 0 Å². The van der Waals surface area contributed by atoms with Crippen molar-refractivity contribution in [3.63, 3.8) is 0 Å². The molecule has 22 heavy (non-hydrogen) atoms. The van der Waals surface area contributed by atoms with Gasteiger partial charge < -0.3 is 9.84 Å². The van der Waals surface area contributed by atoms with Gasteiger partial charge in [0.25, 0.3) is 0 Å². The number of hydrogen-bond acceptors (Lipinski definition) is 4. The third kappa shape index (κ3) is 2.43. The molecule has 112 valence electrons. The summed E-state index contributed by atoms with van der Waals surface area (Å²) in [6.07, 6.45) is 0.689. The minimum atomic E-state index is -1.10. The second kappa shape index (κ2) is 5.75. The maximum absolute atomic E-state index is 11.6. The summed E-state index contributed by atoms with van der Waals surface area (Å²) in [5.74, 6) is -1.10. The van der Waals surface area contributed by atoms with Crippen molar-refractivity contribution in [2.75, 3.05) is 7.11 Å². The van der Waals surface area contributed by atoms with E-state index in [0.717, 1.165) is 5.56 Å². The van der Waals surface area contributed by atoms with Crippen molar-refractivity contribution >= 4 is 23.2 Å². The molecule has 1 aromatic carbocycles. The van der Waals surface area contributed by atoms with E-state index in [4.69, 9.17) is 16.3 Å². The van der Waals surface area contributed by atoms with Gasteiger partial charge in [-0.1, -0.05) is 41.9 Å². The van der Waals surface area contributed by atoms with Crippen LogP contribution in [0.2, 0.25) is 5.15 Å². The van der Waals surface area contributed by atoms with E-state index in [2.05, 4.69) is 10.1 Å². The summed E-state index contributed by atoms with van der Waals surface area (Å²) < 4.78 is 6.95. The van der Waals surface area contributed by atoms with Gasteiger partial charge in [0, 0.05) is 19.4 Å². The molecule has 2 heterocycles. The third-order valence-electron chi connectivity index (χ3n) is 3.31. The first-order valence-corrected chi connectivity index (χ1v) is 6.85. The molecule has 2 aromatic heterocycles. The number of aromatic nitrogens is 3. The van der Waals surface area contributed by atoms with E-state index in [1.165, 1.54) is 17.8 Å². The van der Waals surface area contributed by atoms with Gasteiger partial charge in [0.15, 0.2) is 10.8 Å². The van der Waals surface area contributed by atoms with Gasteiger partial charge in [-0.3, -0.25) is 0 Å². The molecule has 0 saturated carbocycles. The molecule has 3 aromatic rings. The Balaban J connectivity index is 2.30. The zero-order chi connectivity index (χ0) is 15.7. The molecule has 0 fully saturated rings. The Labute approximate surface area is 130 Å². The van der Waals surface area contributed by atoms with Crippen molar-refractivity contribution in [2.24, 2.45) is 0 Å². The van der Waals surface area contributed by atoms with Crippen LogP contribution in [0.25, 0.3) is 5.65 Å². The van der Waals surface area contributed by atoms with Crippen LogP contribution in [-0.2, 0) is 4.74 Å². The average Bonchev–Trinajstić information content (AvgIpc) is 2.89. The van der Waals surface area contributed by atoms with Crippen LogP contribution < -0.4 is 0 Å². The van der Waals surface area contributed by atoms with Crippen molar-refractivity contribution < 1.29 is 14.6 Å². The number of carboxylic acid groups (broad SMARTS) is 1. The molecule has 7 heteroatoms. The molecule has 0 spiro atoms. The summed E-state index contributed by atoms with van der Waals surface area (Å²) in [7, 11) is 1.51. The van der Waals surface area contributed by atoms with Gasteiger partial charge in [-0.2, -0.15) is 5.10 Å². The fourth-order valence-corrected chi connectivity index (χ4v) is 2.55. The van der Waals surface area contributed by atoms with E-state index in [-0.39, 0.29) is 10.7 Å². The second-order valence-electron chi connectivity index (χ2n) is 4.63. The molecule has 0 saturated heterocycles. The van der Waals surface area contributed by atoms with Crippen LogP contribution in [0.5, 0.6) is 0 Å². The number of nitrogens with zero attached hydrogens (tertiary/aromatic N) is 3. The monoisotopic (exact) mass is 317 g/mol. The fraction of sp³-hybridized carbons (Fsp3) is 0.133. The van der Waals surface area contributed by atoms with Crippen molar-refractivity contribution in [3.05, 3.63) is 64.6 Å². The maximum atomic E-state index is 11.6. The predicted octanol–water partition coefficient (Wildman–Crippen LogP) is 2.82. The van der Waals surface area contributed by atoms with Crippen molar-refractivity contribution in [1.29, 1.82) is 0 Å². The number of aromatic carboxylic acids is 1. The van der Waals surface area contributed by atoms with Crippen LogP contribution in [-0.4, -0.2) is 32.8 Å². The highest BCUT2D eigenvalue weighted by Crippen LogP contribution is 2.29. The summed E-state index contributed by atoms with van der Waals surface area (Å²) in [6.45, 7) is 0. The number of carboxylic acids is 1. The normalized spacial score (nSPS) is 12.5. The molecule has 1 unspecified atom stereocenters. The number of methoxy groups -OCH3 is 1. The maximum Gasteiger partial charge on any atom is 0.339 e. The zero-order valence-corrected chi connectivity index (χ0v) is 12.4. The topological polar surface area (TPSA) is 76.7 Å². The number of halogens is 1. The summed E-state index contributed by atoms with van der Waals surface area (Å²) in [4.78, 5) is 15.6. The van der Waals surface area contributed by atoms with Gasteiger partial charge >= 0.3 is 5.97 Å². The predicted molar refractivity (Wildman–Crippen MR) is 80.3 cm³/mol. The van der Waals surface area contributed by atoms with Gasteiger partial charge in [-0.25, -0.2) is 14.3 Å². The Hall–Kier alpha value is -2.44. The minimum absolute atomic E-state index is 0.0166. The number of benzene rings is 1. The molecular weight excluding hydrogens is 306 g/mol. The summed E-state index contributed by atoms with van der Waals surface area (Å²) >= 11 is 5.92. The van der Waals surface area contributed by atoms with E-state index in [1.54, 1.807) is 6.07 Å². The minimum Gasteiger partial charge on any atom is -0.478 e. The number of ether oxygens (including phenoxy) is 1. The lowest BCUT2D eigenvalue weighted by Gasteiger charge is -2.19. The zero-order valence-electron chi connectivity index (χ0n) is 11.6. The van der Waals surface area contributed by atoms with Crippen LogP contribution >= 0.6 is 11.6 Å². The molecule has 0 bridgehead atoms. The highest BCUT2D eigenvalue weighted by molar-refractivity contribution is 6.29. The van der Waals surface area contributed by atoms with Crippen LogP contribution in [0, 0.1) is 0 Å². The lowest BCUT2D eigenvalue weighted by Crippen LogP contribution is -2.16. The fourth-order valence-electron chi connectivity index (χ4n) is 2.37. The Morgan fingerprint density at radius 3 is 2.73 bits per heavy atom. The smallest absolute Gasteiger partial charge is 0.339 e. The highest BCUT2D eigenvalue weighted by Gasteiger charge is 2.25. The van der Waals surface area contributed by atoms with E-state index < -0.39 is 12.1 Å². The van der Waals surface area contributed by atoms with E-state index in [1.807, 2.05) is 30.3 Å². The number of rotatable bonds is 4. The molecule has 1 atom stereocenters. The van der Waals surface area contributed by atoms with E-state index >= 15 is 0 Å². The van der Waals surface area contributed by atoms with Crippen molar-refractivity contribution in [2.45, 2.75) is 6.10 Å². The average molecular weight is 318 g/mol. The van der Waals surface area contributed by atoms with Crippen LogP contribution in [0.15, 0.2) is 42.6 Å². The molecule has 6 nitrogen and oxygen atoms in total. The Morgan fingerprint density at radius 2 is 2.09 bits per heavy atom. The lowest BCUT2D eigenvalue weighted by atomic mass is 10.0. The van der Waals surface area contributed by atoms with Gasteiger partial charge in [-0.15, -0.1) is 0 Å². The van der Waals surface area contributed by atoms with Gasteiger partial charge in [0.1, 0.15) is 11.7 Å². The van der Waals surface area contributed by atoms with Crippen LogP contribution in [0.3, 0.4) is 0 Å². The van der Waals surface area contributed by atoms with Crippen LogP contribution in [0.1, 0.15) is 27.7 Å². The first-order valence-electron chi connectivity index (χ1n) is 6.47. The summed E-state index contributed by atoms with van der Waals surface area (Å²) in [6, 6.07) is 10.9. The number of hydrogen-bond donors (Lipinski definition) is 1. The molecule has 1 N–H and O–H groups in total. The molecule has 0 amide bonds. The molecule has 0 aliphatic heterocycles. The number of carbonyl (C=O) groups is 1. The van der Waals surface area contributed by atoms with Crippen molar-refractivity contribution in [3.8, 4) is 0 Å².